The number of hydrogen-bond donors (Lipinski definition) is 0. The lowest BCUT2D eigenvalue weighted by Crippen LogP contribution is -2.46. The molecule has 2 aromatic rings. The minimum atomic E-state index is -0.0733. The summed E-state index contributed by atoms with van der Waals surface area (Å²) in [4.78, 5) is 23.0. The fraction of sp³-hybridized carbons (Fsp3) is 0.556. The van der Waals surface area contributed by atoms with Gasteiger partial charge in [-0.25, -0.2) is 0 Å². The fourth-order valence-electron chi connectivity index (χ4n) is 4.01. The van der Waals surface area contributed by atoms with E-state index in [-0.39, 0.29) is 11.5 Å². The lowest BCUT2D eigenvalue weighted by Gasteiger charge is -2.38. The Labute approximate surface area is 147 Å². The predicted molar refractivity (Wildman–Crippen MR) is 90.9 cm³/mol. The second-order valence-electron chi connectivity index (χ2n) is 7.10. The van der Waals surface area contributed by atoms with Gasteiger partial charge in [-0.05, 0) is 37.7 Å². The molecule has 4 rings (SSSR count). The minimum Gasteiger partial charge on any atom is -0.375 e. The van der Waals surface area contributed by atoms with Crippen LogP contribution in [0.3, 0.4) is 0 Å². The highest BCUT2D eigenvalue weighted by Crippen LogP contribution is 2.39. The number of aryl methyl sites for hydroxylation is 1. The molecule has 4 heterocycles. The molecule has 2 fully saturated rings. The quantitative estimate of drug-likeness (QED) is 0.845. The molecule has 0 aromatic carbocycles. The lowest BCUT2D eigenvalue weighted by molar-refractivity contribution is -0.0392. The summed E-state index contributed by atoms with van der Waals surface area (Å²) in [6, 6.07) is 1.77. The summed E-state index contributed by atoms with van der Waals surface area (Å²) in [7, 11) is 1.80. The van der Waals surface area contributed by atoms with Crippen molar-refractivity contribution in [3.05, 3.63) is 42.2 Å². The second-order valence-corrected chi connectivity index (χ2v) is 7.10. The Balaban J connectivity index is 1.34. The van der Waals surface area contributed by atoms with E-state index < -0.39 is 0 Å². The molecular weight excluding hydrogens is 318 g/mol. The summed E-state index contributed by atoms with van der Waals surface area (Å²) in [5.74, 6) is 0.542. The van der Waals surface area contributed by atoms with Gasteiger partial charge in [-0.3, -0.25) is 19.4 Å². The average molecular weight is 341 g/mol. The molecule has 1 atom stereocenters. The van der Waals surface area contributed by atoms with Crippen molar-refractivity contribution < 1.29 is 9.53 Å². The van der Waals surface area contributed by atoms with Crippen molar-refractivity contribution in [2.75, 3.05) is 19.7 Å². The molecule has 2 saturated heterocycles. The Hall–Kier alpha value is -2.28. The molecular formula is C18H23N5O2. The summed E-state index contributed by atoms with van der Waals surface area (Å²) in [6.45, 7) is 2.25. The summed E-state index contributed by atoms with van der Waals surface area (Å²) in [5, 5.41) is 4.09. The molecule has 132 valence electrons. The van der Waals surface area contributed by atoms with Gasteiger partial charge in [0.1, 0.15) is 5.69 Å². The summed E-state index contributed by atoms with van der Waals surface area (Å²) in [5.41, 5.74) is 1.59. The number of piperidine rings is 1. The van der Waals surface area contributed by atoms with Gasteiger partial charge in [0.15, 0.2) is 0 Å². The van der Waals surface area contributed by atoms with E-state index in [0.29, 0.717) is 11.6 Å². The van der Waals surface area contributed by atoms with Gasteiger partial charge >= 0.3 is 0 Å². The molecule has 1 unspecified atom stereocenters. The van der Waals surface area contributed by atoms with E-state index in [0.717, 1.165) is 51.1 Å². The van der Waals surface area contributed by atoms with Gasteiger partial charge in [-0.2, -0.15) is 5.10 Å². The van der Waals surface area contributed by atoms with E-state index >= 15 is 0 Å². The van der Waals surface area contributed by atoms with Crippen LogP contribution in [-0.2, 0) is 18.2 Å². The first-order chi connectivity index (χ1) is 12.2. The Kier molecular flexibility index (Phi) is 4.25. The topological polar surface area (TPSA) is 73.1 Å². The van der Waals surface area contributed by atoms with Crippen LogP contribution in [0.1, 0.15) is 35.4 Å². The highest BCUT2D eigenvalue weighted by molar-refractivity contribution is 5.92. The van der Waals surface area contributed by atoms with Crippen LogP contribution in [0.25, 0.3) is 0 Å². The molecule has 0 bridgehead atoms. The predicted octanol–water partition coefficient (Wildman–Crippen LogP) is 1.46. The maximum absolute atomic E-state index is 12.6. The van der Waals surface area contributed by atoms with Gasteiger partial charge in [0.2, 0.25) is 0 Å². The van der Waals surface area contributed by atoms with Crippen molar-refractivity contribution in [1.29, 1.82) is 0 Å². The van der Waals surface area contributed by atoms with E-state index in [9.17, 15) is 4.79 Å². The zero-order chi connectivity index (χ0) is 17.3. The third kappa shape index (κ3) is 3.28. The van der Waals surface area contributed by atoms with Gasteiger partial charge < -0.3 is 9.64 Å². The first-order valence-electron chi connectivity index (χ1n) is 8.81. The van der Waals surface area contributed by atoms with Crippen molar-refractivity contribution >= 4 is 5.91 Å². The first kappa shape index (κ1) is 16.2. The first-order valence-corrected chi connectivity index (χ1v) is 8.81. The Morgan fingerprint density at radius 2 is 2.16 bits per heavy atom. The van der Waals surface area contributed by atoms with E-state index in [1.54, 1.807) is 36.4 Å². The number of nitrogens with zero attached hydrogens (tertiary/aromatic N) is 5. The van der Waals surface area contributed by atoms with Gasteiger partial charge in [0.05, 0.1) is 17.9 Å². The van der Waals surface area contributed by atoms with Gasteiger partial charge in [0.25, 0.3) is 5.91 Å². The average Bonchev–Trinajstić information content (AvgIpc) is 3.23. The van der Waals surface area contributed by atoms with E-state index in [1.165, 1.54) is 0 Å². The van der Waals surface area contributed by atoms with Crippen LogP contribution in [-0.4, -0.2) is 55.9 Å². The summed E-state index contributed by atoms with van der Waals surface area (Å²) < 4.78 is 7.84. The third-order valence-electron chi connectivity index (χ3n) is 5.40. The SMILES string of the molecule is Cn1nccc1C(=O)N1CCC2(CC1)CC(Cc1cnccn1)CO2. The number of amides is 1. The Bertz CT molecular complexity index is 737. The highest BCUT2D eigenvalue weighted by atomic mass is 16.5. The summed E-state index contributed by atoms with van der Waals surface area (Å²) >= 11 is 0. The van der Waals surface area contributed by atoms with Crippen molar-refractivity contribution in [2.45, 2.75) is 31.3 Å². The number of aromatic nitrogens is 4. The molecule has 25 heavy (non-hydrogen) atoms. The van der Waals surface area contributed by atoms with Crippen LogP contribution in [0.2, 0.25) is 0 Å². The minimum absolute atomic E-state index is 0.0592. The molecule has 2 aliphatic heterocycles. The number of ether oxygens (including phenoxy) is 1. The molecule has 1 amide bonds. The van der Waals surface area contributed by atoms with Crippen LogP contribution in [0.4, 0.5) is 0 Å². The summed E-state index contributed by atoms with van der Waals surface area (Å²) in [6.07, 6.45) is 10.7. The Morgan fingerprint density at radius 3 is 2.84 bits per heavy atom. The Morgan fingerprint density at radius 1 is 1.32 bits per heavy atom. The zero-order valence-electron chi connectivity index (χ0n) is 14.5. The van der Waals surface area contributed by atoms with Crippen LogP contribution < -0.4 is 0 Å². The maximum atomic E-state index is 12.6. The molecule has 0 aliphatic carbocycles. The van der Waals surface area contributed by atoms with Gasteiger partial charge in [-0.15, -0.1) is 0 Å². The van der Waals surface area contributed by atoms with Crippen molar-refractivity contribution in [2.24, 2.45) is 13.0 Å². The molecule has 0 radical (unpaired) electrons. The fourth-order valence-corrected chi connectivity index (χ4v) is 4.01. The monoisotopic (exact) mass is 341 g/mol. The third-order valence-corrected chi connectivity index (χ3v) is 5.40. The van der Waals surface area contributed by atoms with Gasteiger partial charge in [0, 0.05) is 44.9 Å². The molecule has 7 nitrogen and oxygen atoms in total. The van der Waals surface area contributed by atoms with Crippen molar-refractivity contribution in [1.82, 2.24) is 24.6 Å². The highest BCUT2D eigenvalue weighted by Gasteiger charge is 2.43. The normalized spacial score (nSPS) is 22.4. The lowest BCUT2D eigenvalue weighted by atomic mass is 9.84. The molecule has 0 saturated carbocycles. The van der Waals surface area contributed by atoms with Crippen molar-refractivity contribution in [3.63, 3.8) is 0 Å². The molecule has 2 aromatic heterocycles. The molecule has 0 N–H and O–H groups in total. The van der Waals surface area contributed by atoms with Crippen LogP contribution >= 0.6 is 0 Å². The number of carbonyl (C=O) groups excluding carboxylic acids is 1. The standard InChI is InChI=1S/C18H23N5O2/c1-22-16(2-5-21-22)17(24)23-8-3-18(4-9-23)11-14(13-25-18)10-15-12-19-6-7-20-15/h2,5-7,12,14H,3-4,8-11,13H2,1H3. The molecule has 2 aliphatic rings. The molecule has 7 heteroatoms. The second kappa shape index (κ2) is 6.55. The largest absolute Gasteiger partial charge is 0.375 e. The van der Waals surface area contributed by atoms with E-state index in [2.05, 4.69) is 15.1 Å². The molecule has 1 spiro atoms. The maximum Gasteiger partial charge on any atom is 0.272 e. The van der Waals surface area contributed by atoms with Crippen molar-refractivity contribution in [3.8, 4) is 0 Å². The smallest absolute Gasteiger partial charge is 0.272 e. The number of likely N-dealkylation sites (tertiary alicyclic amines) is 1. The zero-order valence-corrected chi connectivity index (χ0v) is 14.5. The number of carbonyl (C=O) groups is 1. The number of hydrogen-bond acceptors (Lipinski definition) is 5. The van der Waals surface area contributed by atoms with Crippen LogP contribution in [0.5, 0.6) is 0 Å². The van der Waals surface area contributed by atoms with E-state index in [4.69, 9.17) is 4.74 Å². The van der Waals surface area contributed by atoms with Gasteiger partial charge in [-0.1, -0.05) is 0 Å². The van der Waals surface area contributed by atoms with Crippen LogP contribution in [0, 0.1) is 5.92 Å². The number of rotatable bonds is 3. The van der Waals surface area contributed by atoms with E-state index in [1.807, 2.05) is 11.1 Å². The van der Waals surface area contributed by atoms with Crippen LogP contribution in [0.15, 0.2) is 30.9 Å².